The van der Waals surface area contributed by atoms with Gasteiger partial charge in [0.05, 0.1) is 20.9 Å². The number of para-hydroxylation sites is 6. The lowest BCUT2D eigenvalue weighted by Gasteiger charge is -2.18. The van der Waals surface area contributed by atoms with Crippen LogP contribution in [-0.2, 0) is 0 Å². The van der Waals surface area contributed by atoms with Crippen molar-refractivity contribution < 1.29 is 33.1 Å². The minimum absolute atomic E-state index is 0.0949. The van der Waals surface area contributed by atoms with E-state index in [9.17, 15) is 20.2 Å². The summed E-state index contributed by atoms with van der Waals surface area (Å²) in [6, 6.07) is 107. The first-order valence-corrected chi connectivity index (χ1v) is 34.0. The van der Waals surface area contributed by atoms with Crippen LogP contribution < -0.4 is 21.4 Å². The molecule has 476 valence electrons. The SMILES string of the molecule is Brc1ccc2ccc3oc4ccccc4c3c2c1.O=[N+]([O-])c1ccccc1-c1ccc2ccc3oc4ccccc4c3c2c1.O=[N+]([O-])c1ccccc1B(O)O.c1ccc(P(c2ccccc2)c2ccccc2)cc1.c1ccc2c(c1)[nH]c1cc3ccc4oc5ccccc5c4c3cc12. The zero-order chi connectivity index (χ0) is 67.5. The molecule has 0 aliphatic heterocycles. The van der Waals surface area contributed by atoms with E-state index in [4.69, 9.17) is 23.3 Å². The number of H-pyrrole nitrogens is 1. The van der Waals surface area contributed by atoms with Crippen molar-refractivity contribution in [1.29, 1.82) is 0 Å². The summed E-state index contributed by atoms with van der Waals surface area (Å²) in [7, 11) is -2.25. The van der Waals surface area contributed by atoms with Gasteiger partial charge in [0.15, 0.2) is 0 Å². The average molecular weight is 1370 g/mol. The molecule has 0 unspecified atom stereocenters. The molecule has 0 radical (unpaired) electrons. The highest BCUT2D eigenvalue weighted by Crippen LogP contribution is 2.41. The van der Waals surface area contributed by atoms with Crippen LogP contribution >= 0.6 is 23.9 Å². The largest absolute Gasteiger partial charge is 0.495 e. The molecule has 99 heavy (non-hydrogen) atoms. The van der Waals surface area contributed by atoms with Gasteiger partial charge in [0.1, 0.15) is 33.5 Å². The smallest absolute Gasteiger partial charge is 0.456 e. The summed E-state index contributed by atoms with van der Waals surface area (Å²) in [4.78, 5) is 24.2. The fraction of sp³-hybridized carbons (Fsp3) is 0. The Morgan fingerprint density at radius 2 is 0.747 bits per heavy atom. The molecule has 15 aromatic carbocycles. The number of nitrogens with one attached hydrogen (secondary N) is 1. The second-order valence-corrected chi connectivity index (χ2v) is 26.6. The standard InChI is InChI=1S/C22H13NO3.C22H13NO.C18H15P.C16H9BrO.C6H6BNO4/c24-23(25)19-7-3-1-5-16(19)15-10-9-14-11-12-21-22(18(14)13-15)17-6-2-4-8-20(17)26-21;1-3-7-18-14(5-1)17-12-16-13(11-19(17)23-18)9-10-21-22(16)15-6-2-4-8-20(15)24-21;1-4-10-16(11-5-1)19(17-12-6-2-7-13-17)18-14-8-3-9-15-18;17-11-7-5-10-6-8-15-16(13(10)9-11)12-3-1-2-4-14(12)18-15;9-7(10)5-3-1-2-4-6(5)8(11)12/h1-13H;1-12,23H;1-15H;1-9H;1-4,9-10H. The second-order valence-electron chi connectivity index (χ2n) is 23.5. The Morgan fingerprint density at radius 3 is 1.25 bits per heavy atom. The topological polar surface area (TPSA) is 182 Å². The fourth-order valence-corrected chi connectivity index (χ4v) is 15.7. The van der Waals surface area contributed by atoms with E-state index in [0.717, 1.165) is 65.1 Å². The molecule has 0 atom stereocenters. The lowest BCUT2D eigenvalue weighted by Crippen LogP contribution is -2.31. The van der Waals surface area contributed by atoms with Gasteiger partial charge in [0, 0.05) is 70.7 Å². The van der Waals surface area contributed by atoms with Gasteiger partial charge in [-0.1, -0.05) is 246 Å². The van der Waals surface area contributed by atoms with E-state index < -0.39 is 20.0 Å². The zero-order valence-electron chi connectivity index (χ0n) is 52.6. The number of aromatic nitrogens is 1. The highest BCUT2D eigenvalue weighted by atomic mass is 79.9. The molecule has 3 N–H and O–H groups in total. The summed E-state index contributed by atoms with van der Waals surface area (Å²) in [5, 5.41) is 59.7. The molecule has 0 fully saturated rings. The Morgan fingerprint density at radius 1 is 0.343 bits per heavy atom. The number of rotatable bonds is 7. The number of fused-ring (bicyclic) bond motifs is 18. The van der Waals surface area contributed by atoms with Gasteiger partial charge in [-0.15, -0.1) is 0 Å². The summed E-state index contributed by atoms with van der Waals surface area (Å²) in [5.74, 6) is 0. The molecule has 4 aromatic heterocycles. The Bertz CT molecular complexity index is 6120. The van der Waals surface area contributed by atoms with Crippen LogP contribution in [0.5, 0.6) is 0 Å². The van der Waals surface area contributed by atoms with Crippen LogP contribution in [0, 0.1) is 20.2 Å². The summed E-state index contributed by atoms with van der Waals surface area (Å²) < 4.78 is 19.0. The van der Waals surface area contributed by atoms with Gasteiger partial charge in [-0.25, -0.2) is 0 Å². The van der Waals surface area contributed by atoms with Crippen molar-refractivity contribution in [2.45, 2.75) is 0 Å². The van der Waals surface area contributed by atoms with Crippen LogP contribution in [-0.4, -0.2) is 32.0 Å². The molecule has 0 amide bonds. The lowest BCUT2D eigenvalue weighted by atomic mass is 9.79. The van der Waals surface area contributed by atoms with E-state index in [-0.39, 0.29) is 21.8 Å². The third-order valence-electron chi connectivity index (χ3n) is 17.5. The van der Waals surface area contributed by atoms with Crippen LogP contribution in [0.15, 0.2) is 339 Å². The molecule has 0 saturated heterocycles. The molecule has 19 aromatic rings. The van der Waals surface area contributed by atoms with Gasteiger partial charge in [0.2, 0.25) is 0 Å². The predicted octanol–water partition coefficient (Wildman–Crippen LogP) is 20.9. The van der Waals surface area contributed by atoms with Crippen LogP contribution in [0.1, 0.15) is 0 Å². The minimum atomic E-state index is -1.80. The quantitative estimate of drug-likeness (QED) is 0.0605. The van der Waals surface area contributed by atoms with E-state index >= 15 is 0 Å². The summed E-state index contributed by atoms with van der Waals surface area (Å²) in [5.41, 5.74) is 8.96. The van der Waals surface area contributed by atoms with Crippen molar-refractivity contribution in [3.05, 3.63) is 346 Å². The van der Waals surface area contributed by atoms with Gasteiger partial charge in [-0.2, -0.15) is 0 Å². The maximum atomic E-state index is 11.4. The number of nitro groups is 2. The number of nitrogens with zero attached hydrogens (tertiary/aromatic N) is 2. The second kappa shape index (κ2) is 27.6. The number of furan rings is 3. The molecule has 15 heteroatoms. The van der Waals surface area contributed by atoms with Crippen molar-refractivity contribution in [1.82, 2.24) is 4.98 Å². The van der Waals surface area contributed by atoms with Crippen LogP contribution in [0.4, 0.5) is 11.4 Å². The first-order chi connectivity index (χ1) is 48.5. The third kappa shape index (κ3) is 12.6. The summed E-state index contributed by atoms with van der Waals surface area (Å²) in [6.45, 7) is 0. The normalized spacial score (nSPS) is 11.2. The van der Waals surface area contributed by atoms with Crippen LogP contribution in [0.2, 0.25) is 0 Å². The Balaban J connectivity index is 0.000000103. The fourth-order valence-electron chi connectivity index (χ4n) is 13.0. The molecule has 0 saturated carbocycles. The van der Waals surface area contributed by atoms with Gasteiger partial charge in [-0.3, -0.25) is 20.2 Å². The van der Waals surface area contributed by atoms with Gasteiger partial charge >= 0.3 is 7.12 Å². The molecule has 19 rings (SSSR count). The lowest BCUT2D eigenvalue weighted by molar-refractivity contribution is -0.384. The van der Waals surface area contributed by atoms with E-state index in [1.54, 1.807) is 12.1 Å². The van der Waals surface area contributed by atoms with Crippen molar-refractivity contribution in [3.63, 3.8) is 0 Å². The first kappa shape index (κ1) is 63.1. The summed E-state index contributed by atoms with van der Waals surface area (Å²) in [6.07, 6.45) is 0. The molecular weight excluding hydrogens is 1320 g/mol. The van der Waals surface area contributed by atoms with E-state index in [0.29, 0.717) is 5.56 Å². The van der Waals surface area contributed by atoms with Gasteiger partial charge < -0.3 is 28.3 Å². The predicted molar refractivity (Wildman–Crippen MR) is 411 cm³/mol. The van der Waals surface area contributed by atoms with E-state index in [1.807, 2.05) is 97.1 Å². The van der Waals surface area contributed by atoms with Gasteiger partial charge in [-0.05, 0) is 141 Å². The van der Waals surface area contributed by atoms with E-state index in [1.165, 1.54) is 111 Å². The molecular formula is C84H56BBrN3O9P. The number of hydrogen-bond donors (Lipinski definition) is 3. The van der Waals surface area contributed by atoms with Crippen molar-refractivity contribution >= 4 is 184 Å². The number of aromatic amines is 1. The van der Waals surface area contributed by atoms with Crippen LogP contribution in [0.25, 0.3) is 131 Å². The molecule has 0 aliphatic carbocycles. The number of halogens is 1. The van der Waals surface area contributed by atoms with Crippen LogP contribution in [0.3, 0.4) is 0 Å². The molecule has 0 aliphatic rings. The zero-order valence-corrected chi connectivity index (χ0v) is 55.1. The summed E-state index contributed by atoms with van der Waals surface area (Å²) >= 11 is 3.54. The Hall–Kier alpha value is -12.0. The molecule has 12 nitrogen and oxygen atoms in total. The molecule has 4 heterocycles. The monoisotopic (exact) mass is 1370 g/mol. The van der Waals surface area contributed by atoms with Gasteiger partial charge in [0.25, 0.3) is 11.4 Å². The average Bonchev–Trinajstić information content (AvgIpc) is 1.61. The first-order valence-electron chi connectivity index (χ1n) is 31.9. The minimum Gasteiger partial charge on any atom is -0.456 e. The Labute approximate surface area is 575 Å². The Kier molecular flexibility index (Phi) is 17.6. The number of hydrogen-bond acceptors (Lipinski definition) is 9. The highest BCUT2D eigenvalue weighted by Gasteiger charge is 2.23. The molecule has 0 bridgehead atoms. The highest BCUT2D eigenvalue weighted by molar-refractivity contribution is 9.10. The van der Waals surface area contributed by atoms with Crippen molar-refractivity contribution in [2.24, 2.45) is 0 Å². The molecule has 0 spiro atoms. The maximum absolute atomic E-state index is 11.4. The van der Waals surface area contributed by atoms with Crippen molar-refractivity contribution in [2.75, 3.05) is 0 Å². The third-order valence-corrected chi connectivity index (χ3v) is 20.5. The number of benzene rings is 15. The van der Waals surface area contributed by atoms with E-state index in [2.05, 4.69) is 203 Å². The van der Waals surface area contributed by atoms with Crippen molar-refractivity contribution in [3.8, 4) is 11.1 Å². The number of nitro benzene ring substituents is 2. The maximum Gasteiger partial charge on any atom is 0.495 e.